The van der Waals surface area contributed by atoms with E-state index in [1.54, 1.807) is 84.9 Å². The number of hydrogen-bond acceptors (Lipinski definition) is 2. The van der Waals surface area contributed by atoms with Crippen molar-refractivity contribution in [2.45, 2.75) is 18.2 Å². The first-order valence-corrected chi connectivity index (χ1v) is 8.37. The minimum absolute atomic E-state index is 0.0731. The van der Waals surface area contributed by atoms with Crippen LogP contribution in [0.3, 0.4) is 0 Å². The molecule has 0 atom stereocenters. The van der Waals surface area contributed by atoms with Crippen LogP contribution in [-0.2, 0) is 21.6 Å². The molecule has 0 aliphatic carbocycles. The molecule has 0 radical (unpaired) electrons. The van der Waals surface area contributed by atoms with Gasteiger partial charge in [-0.15, -0.1) is 0 Å². The van der Waals surface area contributed by atoms with Gasteiger partial charge in [0.25, 0.3) is 0 Å². The number of carbonyl (C=O) groups is 1. The number of benzene rings is 3. The first-order valence-electron chi connectivity index (χ1n) is 8.37. The molecular formula is C22H17F3O2. The Morgan fingerprint density at radius 2 is 1.11 bits per heavy atom. The van der Waals surface area contributed by atoms with E-state index in [2.05, 4.69) is 0 Å². The van der Waals surface area contributed by atoms with E-state index in [1.165, 1.54) is 0 Å². The monoisotopic (exact) mass is 370 g/mol. The molecule has 0 heterocycles. The molecule has 3 aromatic carbocycles. The van der Waals surface area contributed by atoms with Gasteiger partial charge in [0.2, 0.25) is 0 Å². The fourth-order valence-corrected chi connectivity index (χ4v) is 3.04. The minimum Gasteiger partial charge on any atom is -0.442 e. The molecule has 138 valence electrons. The molecular weight excluding hydrogens is 353 g/mol. The zero-order chi connectivity index (χ0) is 19.3. The Morgan fingerprint density at radius 1 is 0.704 bits per heavy atom. The Kier molecular flexibility index (Phi) is 5.31. The van der Waals surface area contributed by atoms with Crippen molar-refractivity contribution >= 4 is 5.97 Å². The third kappa shape index (κ3) is 4.19. The van der Waals surface area contributed by atoms with E-state index < -0.39 is 17.7 Å². The van der Waals surface area contributed by atoms with E-state index in [0.717, 1.165) is 5.56 Å². The summed E-state index contributed by atoms with van der Waals surface area (Å²) in [7, 11) is 0. The van der Waals surface area contributed by atoms with E-state index >= 15 is 0 Å². The Bertz CT molecular complexity index is 836. The highest BCUT2D eigenvalue weighted by Gasteiger charge is 2.48. The van der Waals surface area contributed by atoms with Gasteiger partial charge in [-0.3, -0.25) is 0 Å². The number of esters is 1. The number of alkyl halides is 3. The van der Waals surface area contributed by atoms with Crippen molar-refractivity contribution in [2.24, 2.45) is 0 Å². The molecule has 0 unspecified atom stereocenters. The Morgan fingerprint density at radius 3 is 1.52 bits per heavy atom. The van der Waals surface area contributed by atoms with Gasteiger partial charge >= 0.3 is 12.1 Å². The second-order valence-corrected chi connectivity index (χ2v) is 6.11. The SMILES string of the molecule is O=C(OC(Cc1ccccc1)(c1ccccc1)c1ccccc1)C(F)(F)F. The van der Waals surface area contributed by atoms with Gasteiger partial charge in [-0.25, -0.2) is 4.79 Å². The second-order valence-electron chi connectivity index (χ2n) is 6.11. The van der Waals surface area contributed by atoms with Crippen molar-refractivity contribution in [1.82, 2.24) is 0 Å². The molecule has 0 spiro atoms. The van der Waals surface area contributed by atoms with Crippen LogP contribution in [0.15, 0.2) is 91.0 Å². The van der Waals surface area contributed by atoms with Crippen LogP contribution in [-0.4, -0.2) is 12.1 Å². The number of halogens is 3. The molecule has 3 aromatic rings. The topological polar surface area (TPSA) is 26.3 Å². The zero-order valence-electron chi connectivity index (χ0n) is 14.3. The highest BCUT2D eigenvalue weighted by atomic mass is 19.4. The average molecular weight is 370 g/mol. The van der Waals surface area contributed by atoms with Crippen molar-refractivity contribution < 1.29 is 22.7 Å². The molecule has 0 amide bonds. The summed E-state index contributed by atoms with van der Waals surface area (Å²) in [6.07, 6.45) is -5.02. The molecule has 27 heavy (non-hydrogen) atoms. The van der Waals surface area contributed by atoms with Gasteiger partial charge in [0.05, 0.1) is 0 Å². The predicted octanol–water partition coefficient (Wildman–Crippen LogP) is 5.28. The van der Waals surface area contributed by atoms with Crippen LogP contribution in [0.5, 0.6) is 0 Å². The Hall–Kier alpha value is -3.08. The minimum atomic E-state index is -5.09. The molecule has 0 saturated carbocycles. The van der Waals surface area contributed by atoms with E-state index in [0.29, 0.717) is 11.1 Å². The number of ether oxygens (including phenoxy) is 1. The summed E-state index contributed by atoms with van der Waals surface area (Å²) < 4.78 is 44.4. The summed E-state index contributed by atoms with van der Waals surface area (Å²) in [6.45, 7) is 0. The Balaban J connectivity index is 2.19. The third-order valence-electron chi connectivity index (χ3n) is 4.27. The van der Waals surface area contributed by atoms with Crippen LogP contribution < -0.4 is 0 Å². The maximum Gasteiger partial charge on any atom is 0.490 e. The van der Waals surface area contributed by atoms with Crippen LogP contribution in [0, 0.1) is 0 Å². The number of carbonyl (C=O) groups excluding carboxylic acids is 1. The fourth-order valence-electron chi connectivity index (χ4n) is 3.04. The van der Waals surface area contributed by atoms with Gasteiger partial charge in [0.15, 0.2) is 5.60 Å². The van der Waals surface area contributed by atoms with Crippen LogP contribution in [0.1, 0.15) is 16.7 Å². The smallest absolute Gasteiger partial charge is 0.442 e. The number of rotatable bonds is 5. The van der Waals surface area contributed by atoms with Gasteiger partial charge in [0, 0.05) is 17.5 Å². The molecule has 0 N–H and O–H groups in total. The molecule has 0 aliphatic heterocycles. The van der Waals surface area contributed by atoms with E-state index in [-0.39, 0.29) is 6.42 Å². The summed E-state index contributed by atoms with van der Waals surface area (Å²) >= 11 is 0. The van der Waals surface area contributed by atoms with Crippen molar-refractivity contribution in [2.75, 3.05) is 0 Å². The van der Waals surface area contributed by atoms with Crippen LogP contribution in [0.25, 0.3) is 0 Å². The van der Waals surface area contributed by atoms with Crippen molar-refractivity contribution in [1.29, 1.82) is 0 Å². The molecule has 0 aromatic heterocycles. The largest absolute Gasteiger partial charge is 0.490 e. The fraction of sp³-hybridized carbons (Fsp3) is 0.136. The average Bonchev–Trinajstić information content (AvgIpc) is 2.69. The van der Waals surface area contributed by atoms with Crippen molar-refractivity contribution in [3.63, 3.8) is 0 Å². The second kappa shape index (κ2) is 7.66. The molecule has 3 rings (SSSR count). The number of hydrogen-bond donors (Lipinski definition) is 0. The molecule has 0 saturated heterocycles. The maximum absolute atomic E-state index is 13.1. The summed E-state index contributed by atoms with van der Waals surface area (Å²) in [4.78, 5) is 11.9. The summed E-state index contributed by atoms with van der Waals surface area (Å²) in [5.74, 6) is -2.22. The predicted molar refractivity (Wildman–Crippen MR) is 96.0 cm³/mol. The molecule has 0 bridgehead atoms. The van der Waals surface area contributed by atoms with Gasteiger partial charge < -0.3 is 4.74 Å². The molecule has 0 aliphatic rings. The Labute approximate surface area is 155 Å². The third-order valence-corrected chi connectivity index (χ3v) is 4.27. The van der Waals surface area contributed by atoms with Gasteiger partial charge in [-0.05, 0) is 5.56 Å². The van der Waals surface area contributed by atoms with Crippen LogP contribution in [0.2, 0.25) is 0 Å². The van der Waals surface area contributed by atoms with Gasteiger partial charge in [-0.2, -0.15) is 13.2 Å². The highest BCUT2D eigenvalue weighted by Crippen LogP contribution is 2.39. The highest BCUT2D eigenvalue weighted by molar-refractivity contribution is 5.76. The molecule has 5 heteroatoms. The van der Waals surface area contributed by atoms with Crippen molar-refractivity contribution in [3.8, 4) is 0 Å². The maximum atomic E-state index is 13.1. The van der Waals surface area contributed by atoms with Gasteiger partial charge in [-0.1, -0.05) is 91.0 Å². The van der Waals surface area contributed by atoms with Crippen LogP contribution in [0.4, 0.5) is 13.2 Å². The summed E-state index contributed by atoms with van der Waals surface area (Å²) in [5.41, 5.74) is 0.0895. The normalized spacial score (nSPS) is 11.8. The van der Waals surface area contributed by atoms with Crippen molar-refractivity contribution in [3.05, 3.63) is 108 Å². The first-order chi connectivity index (χ1) is 12.9. The lowest BCUT2D eigenvalue weighted by molar-refractivity contribution is -0.212. The molecule has 0 fully saturated rings. The van der Waals surface area contributed by atoms with Crippen LogP contribution >= 0.6 is 0 Å². The van der Waals surface area contributed by atoms with Gasteiger partial charge in [0.1, 0.15) is 0 Å². The first kappa shape index (κ1) is 18.7. The van der Waals surface area contributed by atoms with E-state index in [4.69, 9.17) is 4.74 Å². The standard InChI is InChI=1S/C22H17F3O2/c23-22(24,25)20(26)27-21(18-12-6-2-7-13-18,19-14-8-3-9-15-19)16-17-10-4-1-5-11-17/h1-15H,16H2. The summed E-state index contributed by atoms with van der Waals surface area (Å²) in [5, 5.41) is 0. The van der Waals surface area contributed by atoms with E-state index in [9.17, 15) is 18.0 Å². The zero-order valence-corrected chi connectivity index (χ0v) is 14.3. The quantitative estimate of drug-likeness (QED) is 0.571. The summed E-state index contributed by atoms with van der Waals surface area (Å²) in [6, 6.07) is 26.0. The van der Waals surface area contributed by atoms with E-state index in [1.807, 2.05) is 6.07 Å². The lowest BCUT2D eigenvalue weighted by atomic mass is 9.81. The lowest BCUT2D eigenvalue weighted by Gasteiger charge is -2.35. The molecule has 2 nitrogen and oxygen atoms in total. The lowest BCUT2D eigenvalue weighted by Crippen LogP contribution is -2.40.